The lowest BCUT2D eigenvalue weighted by molar-refractivity contribution is -0.115. The van der Waals surface area contributed by atoms with Gasteiger partial charge >= 0.3 is 0 Å². The SMILES string of the molecule is CNC(=O)c1ccc(NC(=O)Cc2ccc(C)cc2)cc1. The van der Waals surface area contributed by atoms with E-state index in [1.807, 2.05) is 31.2 Å². The second-order valence-corrected chi connectivity index (χ2v) is 4.87. The van der Waals surface area contributed by atoms with Crippen LogP contribution in [0.5, 0.6) is 0 Å². The first-order valence-corrected chi connectivity index (χ1v) is 6.76. The molecule has 0 heterocycles. The van der Waals surface area contributed by atoms with E-state index in [-0.39, 0.29) is 11.8 Å². The minimum Gasteiger partial charge on any atom is -0.355 e. The van der Waals surface area contributed by atoms with Gasteiger partial charge in [0.25, 0.3) is 5.91 Å². The first kappa shape index (κ1) is 14.8. The third kappa shape index (κ3) is 4.18. The van der Waals surface area contributed by atoms with E-state index in [0.717, 1.165) is 5.56 Å². The van der Waals surface area contributed by atoms with Crippen molar-refractivity contribution in [2.24, 2.45) is 0 Å². The number of benzene rings is 2. The maximum atomic E-state index is 12.0. The van der Waals surface area contributed by atoms with Crippen molar-refractivity contribution in [1.29, 1.82) is 0 Å². The molecular formula is C17H18N2O2. The number of carbonyl (C=O) groups excluding carboxylic acids is 2. The molecule has 4 heteroatoms. The van der Waals surface area contributed by atoms with Gasteiger partial charge in [0.15, 0.2) is 0 Å². The highest BCUT2D eigenvalue weighted by atomic mass is 16.2. The van der Waals surface area contributed by atoms with Crippen LogP contribution in [-0.2, 0) is 11.2 Å². The van der Waals surface area contributed by atoms with Crippen molar-refractivity contribution < 1.29 is 9.59 Å². The Labute approximate surface area is 124 Å². The molecule has 0 atom stereocenters. The van der Waals surface area contributed by atoms with Crippen molar-refractivity contribution in [2.45, 2.75) is 13.3 Å². The van der Waals surface area contributed by atoms with Crippen molar-refractivity contribution in [3.8, 4) is 0 Å². The fourth-order valence-electron chi connectivity index (χ4n) is 1.95. The van der Waals surface area contributed by atoms with Gasteiger partial charge < -0.3 is 10.6 Å². The van der Waals surface area contributed by atoms with E-state index in [9.17, 15) is 9.59 Å². The van der Waals surface area contributed by atoms with Crippen molar-refractivity contribution >= 4 is 17.5 Å². The van der Waals surface area contributed by atoms with E-state index in [4.69, 9.17) is 0 Å². The van der Waals surface area contributed by atoms with Crippen LogP contribution < -0.4 is 10.6 Å². The van der Waals surface area contributed by atoms with Crippen molar-refractivity contribution in [2.75, 3.05) is 12.4 Å². The molecular weight excluding hydrogens is 264 g/mol. The van der Waals surface area contributed by atoms with Gasteiger partial charge in [-0.1, -0.05) is 29.8 Å². The van der Waals surface area contributed by atoms with Crippen LogP contribution in [-0.4, -0.2) is 18.9 Å². The second kappa shape index (κ2) is 6.70. The maximum absolute atomic E-state index is 12.0. The zero-order valence-corrected chi connectivity index (χ0v) is 12.1. The number of anilines is 1. The summed E-state index contributed by atoms with van der Waals surface area (Å²) in [6, 6.07) is 14.7. The zero-order valence-electron chi connectivity index (χ0n) is 12.1. The van der Waals surface area contributed by atoms with Gasteiger partial charge in [0, 0.05) is 18.3 Å². The van der Waals surface area contributed by atoms with Crippen LogP contribution in [0.25, 0.3) is 0 Å². The molecule has 0 bridgehead atoms. The Bertz CT molecular complexity index is 631. The highest BCUT2D eigenvalue weighted by molar-refractivity contribution is 5.96. The number of nitrogens with one attached hydrogen (secondary N) is 2. The van der Waals surface area contributed by atoms with Crippen molar-refractivity contribution in [3.63, 3.8) is 0 Å². The third-order valence-corrected chi connectivity index (χ3v) is 3.14. The molecule has 0 saturated carbocycles. The Morgan fingerprint density at radius 1 is 0.952 bits per heavy atom. The summed E-state index contributed by atoms with van der Waals surface area (Å²) in [6.07, 6.45) is 0.331. The van der Waals surface area contributed by atoms with Crippen LogP contribution in [0.1, 0.15) is 21.5 Å². The molecule has 0 radical (unpaired) electrons. The van der Waals surface area contributed by atoms with E-state index >= 15 is 0 Å². The standard InChI is InChI=1S/C17H18N2O2/c1-12-3-5-13(6-4-12)11-16(20)19-15-9-7-14(8-10-15)17(21)18-2/h3-10H,11H2,1-2H3,(H,18,21)(H,19,20). The van der Waals surface area contributed by atoms with Gasteiger partial charge in [0.1, 0.15) is 0 Å². The summed E-state index contributed by atoms with van der Waals surface area (Å²) in [6.45, 7) is 2.01. The molecule has 2 aromatic rings. The number of rotatable bonds is 4. The van der Waals surface area contributed by atoms with Gasteiger partial charge in [0.05, 0.1) is 6.42 Å². The largest absolute Gasteiger partial charge is 0.355 e. The summed E-state index contributed by atoms with van der Waals surface area (Å²) >= 11 is 0. The Hall–Kier alpha value is -2.62. The molecule has 0 spiro atoms. The van der Waals surface area contributed by atoms with E-state index < -0.39 is 0 Å². The third-order valence-electron chi connectivity index (χ3n) is 3.14. The molecule has 2 rings (SSSR count). The van der Waals surface area contributed by atoms with Gasteiger partial charge in [-0.15, -0.1) is 0 Å². The van der Waals surface area contributed by atoms with Crippen LogP contribution in [0, 0.1) is 6.92 Å². The van der Waals surface area contributed by atoms with Gasteiger partial charge in [-0.2, -0.15) is 0 Å². The highest BCUT2D eigenvalue weighted by Crippen LogP contribution is 2.11. The summed E-state index contributed by atoms with van der Waals surface area (Å²) in [4.78, 5) is 23.4. The first-order valence-electron chi connectivity index (χ1n) is 6.76. The normalized spacial score (nSPS) is 10.0. The molecule has 21 heavy (non-hydrogen) atoms. The van der Waals surface area contributed by atoms with Crippen molar-refractivity contribution in [1.82, 2.24) is 5.32 Å². The molecule has 0 aliphatic rings. The van der Waals surface area contributed by atoms with Gasteiger partial charge in [-0.25, -0.2) is 0 Å². The van der Waals surface area contributed by atoms with E-state index in [1.54, 1.807) is 31.3 Å². The van der Waals surface area contributed by atoms with E-state index in [1.165, 1.54) is 5.56 Å². The van der Waals surface area contributed by atoms with Crippen LogP contribution in [0.4, 0.5) is 5.69 Å². The Balaban J connectivity index is 1.96. The lowest BCUT2D eigenvalue weighted by Crippen LogP contribution is -2.18. The van der Waals surface area contributed by atoms with Crippen LogP contribution in [0.15, 0.2) is 48.5 Å². The lowest BCUT2D eigenvalue weighted by Gasteiger charge is -2.06. The number of hydrogen-bond acceptors (Lipinski definition) is 2. The fourth-order valence-corrected chi connectivity index (χ4v) is 1.95. The quantitative estimate of drug-likeness (QED) is 0.905. The summed E-state index contributed by atoms with van der Waals surface area (Å²) in [7, 11) is 1.58. The number of amides is 2. The summed E-state index contributed by atoms with van der Waals surface area (Å²) in [5.41, 5.74) is 3.39. The topological polar surface area (TPSA) is 58.2 Å². The maximum Gasteiger partial charge on any atom is 0.251 e. The van der Waals surface area contributed by atoms with Crippen LogP contribution in [0.2, 0.25) is 0 Å². The minimum absolute atomic E-state index is 0.0773. The average molecular weight is 282 g/mol. The molecule has 2 aromatic carbocycles. The molecule has 2 N–H and O–H groups in total. The molecule has 0 aliphatic heterocycles. The van der Waals surface area contributed by atoms with Crippen LogP contribution >= 0.6 is 0 Å². The number of hydrogen-bond donors (Lipinski definition) is 2. The number of aryl methyl sites for hydroxylation is 1. The fraction of sp³-hybridized carbons (Fsp3) is 0.176. The summed E-state index contributed by atoms with van der Waals surface area (Å²) in [5, 5.41) is 5.37. The predicted molar refractivity (Wildman–Crippen MR) is 83.3 cm³/mol. The van der Waals surface area contributed by atoms with Crippen molar-refractivity contribution in [3.05, 3.63) is 65.2 Å². The second-order valence-electron chi connectivity index (χ2n) is 4.87. The zero-order chi connectivity index (χ0) is 15.2. The summed E-state index contributed by atoms with van der Waals surface area (Å²) in [5.74, 6) is -0.223. The smallest absolute Gasteiger partial charge is 0.251 e. The Morgan fingerprint density at radius 3 is 2.14 bits per heavy atom. The number of carbonyl (C=O) groups is 2. The predicted octanol–water partition coefficient (Wildman–Crippen LogP) is 2.54. The molecule has 4 nitrogen and oxygen atoms in total. The summed E-state index contributed by atoms with van der Waals surface area (Å²) < 4.78 is 0. The molecule has 0 saturated heterocycles. The average Bonchev–Trinajstić information content (AvgIpc) is 2.49. The van der Waals surface area contributed by atoms with E-state index in [2.05, 4.69) is 10.6 Å². The van der Waals surface area contributed by atoms with E-state index in [0.29, 0.717) is 17.7 Å². The molecule has 0 fully saturated rings. The molecule has 0 unspecified atom stereocenters. The molecule has 0 aromatic heterocycles. The van der Waals surface area contributed by atoms with Crippen LogP contribution in [0.3, 0.4) is 0 Å². The molecule has 0 aliphatic carbocycles. The van der Waals surface area contributed by atoms with Gasteiger partial charge in [-0.05, 0) is 36.8 Å². The van der Waals surface area contributed by atoms with Gasteiger partial charge in [-0.3, -0.25) is 9.59 Å². The minimum atomic E-state index is -0.146. The highest BCUT2D eigenvalue weighted by Gasteiger charge is 2.06. The molecule has 108 valence electrons. The van der Waals surface area contributed by atoms with Gasteiger partial charge in [0.2, 0.25) is 5.91 Å². The molecule has 2 amide bonds. The lowest BCUT2D eigenvalue weighted by atomic mass is 10.1. The Kier molecular flexibility index (Phi) is 4.72. The first-order chi connectivity index (χ1) is 10.1. The Morgan fingerprint density at radius 2 is 1.57 bits per heavy atom. The monoisotopic (exact) mass is 282 g/mol.